The lowest BCUT2D eigenvalue weighted by atomic mass is 10.4. The standard InChI is InChI=1S/C13H29N3O3S/c1-5-8-14-9-7-11-15(3)20(17,18)16(10-6-2)12-13-19-4/h6,14H,2,5,7-13H2,1,3-4H3. The van der Waals surface area contributed by atoms with E-state index in [0.717, 1.165) is 25.9 Å². The van der Waals surface area contributed by atoms with Gasteiger partial charge in [-0.3, -0.25) is 0 Å². The van der Waals surface area contributed by atoms with Gasteiger partial charge in [0, 0.05) is 33.8 Å². The van der Waals surface area contributed by atoms with E-state index < -0.39 is 10.2 Å². The Labute approximate surface area is 124 Å². The fraction of sp³-hybridized carbons (Fsp3) is 0.846. The lowest BCUT2D eigenvalue weighted by Gasteiger charge is -2.26. The Kier molecular flexibility index (Phi) is 11.0. The second-order valence-corrected chi connectivity index (χ2v) is 6.61. The first kappa shape index (κ1) is 19.5. The maximum Gasteiger partial charge on any atom is 0.282 e. The Bertz CT molecular complexity index is 347. The predicted molar refractivity (Wildman–Crippen MR) is 83.0 cm³/mol. The molecule has 20 heavy (non-hydrogen) atoms. The third-order valence-corrected chi connectivity index (χ3v) is 4.81. The van der Waals surface area contributed by atoms with Crippen LogP contribution in [0.15, 0.2) is 12.7 Å². The van der Waals surface area contributed by atoms with Crippen molar-refractivity contribution in [3.63, 3.8) is 0 Å². The molecule has 0 unspecified atom stereocenters. The minimum Gasteiger partial charge on any atom is -0.383 e. The number of nitrogens with one attached hydrogen (secondary N) is 1. The van der Waals surface area contributed by atoms with Crippen LogP contribution in [0.4, 0.5) is 0 Å². The molecule has 0 spiro atoms. The molecule has 0 rings (SSSR count). The lowest BCUT2D eigenvalue weighted by molar-refractivity contribution is 0.179. The molecule has 0 amide bonds. The van der Waals surface area contributed by atoms with Crippen molar-refractivity contribution in [2.45, 2.75) is 19.8 Å². The fourth-order valence-electron chi connectivity index (χ4n) is 1.68. The van der Waals surface area contributed by atoms with Crippen molar-refractivity contribution in [3.8, 4) is 0 Å². The highest BCUT2D eigenvalue weighted by Gasteiger charge is 2.25. The smallest absolute Gasteiger partial charge is 0.282 e. The highest BCUT2D eigenvalue weighted by Crippen LogP contribution is 2.07. The first-order chi connectivity index (χ1) is 9.50. The summed E-state index contributed by atoms with van der Waals surface area (Å²) < 4.78 is 32.5. The molecule has 0 bridgehead atoms. The van der Waals surface area contributed by atoms with Crippen LogP contribution in [-0.2, 0) is 14.9 Å². The largest absolute Gasteiger partial charge is 0.383 e. The van der Waals surface area contributed by atoms with Crippen molar-refractivity contribution in [1.29, 1.82) is 0 Å². The molecule has 0 atom stereocenters. The van der Waals surface area contributed by atoms with Crippen molar-refractivity contribution >= 4 is 10.2 Å². The highest BCUT2D eigenvalue weighted by molar-refractivity contribution is 7.86. The van der Waals surface area contributed by atoms with Gasteiger partial charge in [0.05, 0.1) is 6.61 Å². The Morgan fingerprint density at radius 2 is 2.00 bits per heavy atom. The van der Waals surface area contributed by atoms with Gasteiger partial charge in [0.1, 0.15) is 0 Å². The predicted octanol–water partition coefficient (Wildman–Crippen LogP) is 0.687. The summed E-state index contributed by atoms with van der Waals surface area (Å²) in [5.74, 6) is 0. The molecule has 0 aliphatic rings. The molecule has 0 aliphatic carbocycles. The molecule has 1 N–H and O–H groups in total. The van der Waals surface area contributed by atoms with Crippen LogP contribution in [0.3, 0.4) is 0 Å². The second kappa shape index (κ2) is 11.2. The third-order valence-electron chi connectivity index (χ3n) is 2.85. The average Bonchev–Trinajstić information content (AvgIpc) is 2.42. The van der Waals surface area contributed by atoms with Gasteiger partial charge in [-0.1, -0.05) is 13.0 Å². The van der Waals surface area contributed by atoms with Gasteiger partial charge >= 0.3 is 0 Å². The van der Waals surface area contributed by atoms with Crippen LogP contribution in [0.25, 0.3) is 0 Å². The van der Waals surface area contributed by atoms with E-state index in [1.165, 1.54) is 8.61 Å². The molecule has 0 aromatic rings. The van der Waals surface area contributed by atoms with E-state index >= 15 is 0 Å². The molecule has 120 valence electrons. The summed E-state index contributed by atoms with van der Waals surface area (Å²) in [6, 6.07) is 0. The van der Waals surface area contributed by atoms with Crippen molar-refractivity contribution in [2.24, 2.45) is 0 Å². The van der Waals surface area contributed by atoms with E-state index in [-0.39, 0.29) is 0 Å². The van der Waals surface area contributed by atoms with Gasteiger partial charge in [-0.05, 0) is 25.9 Å². The van der Waals surface area contributed by atoms with E-state index in [4.69, 9.17) is 4.74 Å². The summed E-state index contributed by atoms with van der Waals surface area (Å²) in [5.41, 5.74) is 0. The molecule has 0 saturated heterocycles. The summed E-state index contributed by atoms with van der Waals surface area (Å²) in [5, 5.41) is 3.26. The molecule has 0 radical (unpaired) electrons. The quantitative estimate of drug-likeness (QED) is 0.402. The zero-order valence-corrected chi connectivity index (χ0v) is 13.8. The Morgan fingerprint density at radius 3 is 2.55 bits per heavy atom. The lowest BCUT2D eigenvalue weighted by Crippen LogP contribution is -2.44. The normalized spacial score (nSPS) is 12.2. The molecule has 0 aromatic heterocycles. The van der Waals surface area contributed by atoms with E-state index in [1.54, 1.807) is 20.2 Å². The van der Waals surface area contributed by atoms with Gasteiger partial charge in [0.25, 0.3) is 10.2 Å². The van der Waals surface area contributed by atoms with Gasteiger partial charge in [-0.2, -0.15) is 17.0 Å². The monoisotopic (exact) mass is 307 g/mol. The summed E-state index contributed by atoms with van der Waals surface area (Å²) >= 11 is 0. The minimum absolute atomic E-state index is 0.296. The first-order valence-corrected chi connectivity index (χ1v) is 8.42. The zero-order chi connectivity index (χ0) is 15.4. The second-order valence-electron chi connectivity index (χ2n) is 4.57. The van der Waals surface area contributed by atoms with Crippen molar-refractivity contribution in [1.82, 2.24) is 13.9 Å². The molecule has 0 aromatic carbocycles. The Morgan fingerprint density at radius 1 is 1.30 bits per heavy atom. The van der Waals surface area contributed by atoms with Crippen LogP contribution in [0.5, 0.6) is 0 Å². The molecule has 6 nitrogen and oxygen atoms in total. The molecule has 0 heterocycles. The van der Waals surface area contributed by atoms with Crippen LogP contribution >= 0.6 is 0 Å². The summed E-state index contributed by atoms with van der Waals surface area (Å²) in [6.07, 6.45) is 3.46. The molecular weight excluding hydrogens is 278 g/mol. The van der Waals surface area contributed by atoms with Crippen molar-refractivity contribution < 1.29 is 13.2 Å². The van der Waals surface area contributed by atoms with Crippen LogP contribution in [0.2, 0.25) is 0 Å². The van der Waals surface area contributed by atoms with E-state index in [9.17, 15) is 8.42 Å². The van der Waals surface area contributed by atoms with E-state index in [1.807, 2.05) is 0 Å². The maximum absolute atomic E-state index is 12.4. The molecule has 7 heteroatoms. The number of ether oxygens (including phenoxy) is 1. The van der Waals surface area contributed by atoms with Crippen LogP contribution < -0.4 is 5.32 Å². The van der Waals surface area contributed by atoms with Crippen LogP contribution in [-0.4, -0.2) is 70.5 Å². The topological polar surface area (TPSA) is 61.9 Å². The summed E-state index contributed by atoms with van der Waals surface area (Å²) in [7, 11) is -0.274. The van der Waals surface area contributed by atoms with Gasteiger partial charge < -0.3 is 10.1 Å². The molecular formula is C13H29N3O3S. The van der Waals surface area contributed by atoms with Crippen molar-refractivity contribution in [3.05, 3.63) is 12.7 Å². The maximum atomic E-state index is 12.4. The number of hydrogen-bond donors (Lipinski definition) is 1. The highest BCUT2D eigenvalue weighted by atomic mass is 32.2. The fourth-order valence-corrected chi connectivity index (χ4v) is 3.03. The SMILES string of the molecule is C=CCN(CCOC)S(=O)(=O)N(C)CCCNCCC. The molecule has 0 fully saturated rings. The summed E-state index contributed by atoms with van der Waals surface area (Å²) in [6.45, 7) is 9.00. The third kappa shape index (κ3) is 7.35. The Hall–Kier alpha value is -0.470. The number of methoxy groups -OCH3 is 1. The van der Waals surface area contributed by atoms with Crippen LogP contribution in [0.1, 0.15) is 19.8 Å². The van der Waals surface area contributed by atoms with Gasteiger partial charge in [0.2, 0.25) is 0 Å². The van der Waals surface area contributed by atoms with Gasteiger partial charge in [-0.15, -0.1) is 6.58 Å². The van der Waals surface area contributed by atoms with Crippen molar-refractivity contribution in [2.75, 3.05) is 53.5 Å². The zero-order valence-electron chi connectivity index (χ0n) is 13.0. The molecule has 0 saturated carbocycles. The number of hydrogen-bond acceptors (Lipinski definition) is 4. The number of rotatable bonds is 13. The minimum atomic E-state index is -3.44. The van der Waals surface area contributed by atoms with Gasteiger partial charge in [0.15, 0.2) is 0 Å². The Balaban J connectivity index is 4.36. The summed E-state index contributed by atoms with van der Waals surface area (Å²) in [4.78, 5) is 0. The van der Waals surface area contributed by atoms with E-state index in [0.29, 0.717) is 26.2 Å². The number of nitrogens with zero attached hydrogens (tertiary/aromatic N) is 2. The molecule has 0 aliphatic heterocycles. The van der Waals surface area contributed by atoms with Gasteiger partial charge in [-0.25, -0.2) is 0 Å². The van der Waals surface area contributed by atoms with E-state index in [2.05, 4.69) is 18.8 Å². The average molecular weight is 307 g/mol. The first-order valence-electron chi connectivity index (χ1n) is 7.02. The van der Waals surface area contributed by atoms with Crippen LogP contribution in [0, 0.1) is 0 Å².